The number of halogens is 1. The summed E-state index contributed by atoms with van der Waals surface area (Å²) in [6, 6.07) is 9.24. The Morgan fingerprint density at radius 1 is 1.21 bits per heavy atom. The Kier molecular flexibility index (Phi) is 7.18. The van der Waals surface area contributed by atoms with E-state index in [2.05, 4.69) is 9.69 Å². The van der Waals surface area contributed by atoms with Gasteiger partial charge in [-0.15, -0.1) is 0 Å². The molecule has 0 radical (unpaired) electrons. The number of benzene rings is 1. The second-order valence-electron chi connectivity index (χ2n) is 8.07. The number of primary amides is 1. The van der Waals surface area contributed by atoms with Gasteiger partial charge in [0.25, 0.3) is 17.7 Å². The quantitative estimate of drug-likeness (QED) is 0.430. The first-order valence-corrected chi connectivity index (χ1v) is 11.9. The lowest BCUT2D eigenvalue weighted by molar-refractivity contribution is -0.127. The molecule has 34 heavy (non-hydrogen) atoms. The van der Waals surface area contributed by atoms with E-state index >= 15 is 0 Å². The van der Waals surface area contributed by atoms with Crippen molar-refractivity contribution < 1.29 is 18.8 Å². The predicted octanol–water partition coefficient (Wildman–Crippen LogP) is 3.51. The zero-order valence-electron chi connectivity index (χ0n) is 18.2. The van der Waals surface area contributed by atoms with Crippen molar-refractivity contribution in [3.63, 3.8) is 0 Å². The number of aromatic nitrogens is 1. The lowest BCUT2D eigenvalue weighted by Gasteiger charge is -2.30. The summed E-state index contributed by atoms with van der Waals surface area (Å²) in [4.78, 5) is 40.3. The maximum atomic E-state index is 13.8. The van der Waals surface area contributed by atoms with Crippen LogP contribution in [0.4, 0.5) is 5.69 Å². The Balaban J connectivity index is 1.77. The third-order valence-electron chi connectivity index (χ3n) is 5.79. The van der Waals surface area contributed by atoms with Crippen molar-refractivity contribution in [3.05, 3.63) is 69.6 Å². The summed E-state index contributed by atoms with van der Waals surface area (Å²) in [5.41, 5.74) is 11.7. The highest BCUT2D eigenvalue weighted by Crippen LogP contribution is 2.32. The van der Waals surface area contributed by atoms with Gasteiger partial charge in [-0.2, -0.15) is 4.37 Å². The molecular formula is C23H24ClN5O4S. The molecule has 0 bridgehead atoms. The van der Waals surface area contributed by atoms with E-state index in [9.17, 15) is 14.4 Å². The van der Waals surface area contributed by atoms with Crippen molar-refractivity contribution in [2.45, 2.75) is 44.3 Å². The summed E-state index contributed by atoms with van der Waals surface area (Å²) in [7, 11) is 0. The number of rotatable bonds is 8. The maximum absolute atomic E-state index is 13.8. The second kappa shape index (κ2) is 10.3. The first-order chi connectivity index (χ1) is 16.4. The molecule has 1 saturated carbocycles. The van der Waals surface area contributed by atoms with Crippen LogP contribution in [0.15, 0.2) is 47.1 Å². The monoisotopic (exact) mass is 501 g/mol. The van der Waals surface area contributed by atoms with Crippen molar-refractivity contribution in [1.29, 1.82) is 0 Å². The van der Waals surface area contributed by atoms with E-state index < -0.39 is 17.9 Å². The number of hydrogen-bond donors (Lipinski definition) is 3. The molecule has 2 heterocycles. The molecular weight excluding hydrogens is 478 g/mol. The summed E-state index contributed by atoms with van der Waals surface area (Å²) < 4.78 is 9.52. The fourth-order valence-corrected chi connectivity index (χ4v) is 5.03. The molecule has 3 aromatic rings. The Morgan fingerprint density at radius 3 is 2.56 bits per heavy atom. The number of anilines is 1. The molecule has 9 nitrogen and oxygen atoms in total. The van der Waals surface area contributed by atoms with Crippen molar-refractivity contribution in [3.8, 4) is 0 Å². The Labute approximate surface area is 205 Å². The topological polar surface area (TPSA) is 145 Å². The highest BCUT2D eigenvalue weighted by Gasteiger charge is 2.37. The Hall–Kier alpha value is -3.37. The largest absolute Gasteiger partial charge is 0.467 e. The number of nitrogens with zero attached hydrogens (tertiary/aromatic N) is 2. The van der Waals surface area contributed by atoms with Crippen LogP contribution in [0.1, 0.15) is 63.2 Å². The Bertz CT molecular complexity index is 1190. The number of nitrogen functional groups attached to an aromatic ring is 1. The van der Waals surface area contributed by atoms with E-state index in [1.54, 1.807) is 36.4 Å². The van der Waals surface area contributed by atoms with Crippen molar-refractivity contribution >= 4 is 46.5 Å². The van der Waals surface area contributed by atoms with Gasteiger partial charge in [0.1, 0.15) is 10.6 Å². The molecule has 0 saturated heterocycles. The summed E-state index contributed by atoms with van der Waals surface area (Å²) >= 11 is 7.14. The lowest BCUT2D eigenvalue weighted by atomic mass is 10.1. The summed E-state index contributed by atoms with van der Waals surface area (Å²) in [5.74, 6) is -1.52. The van der Waals surface area contributed by atoms with Gasteiger partial charge < -0.3 is 26.1 Å². The number of amides is 3. The van der Waals surface area contributed by atoms with Gasteiger partial charge in [0.05, 0.1) is 12.0 Å². The summed E-state index contributed by atoms with van der Waals surface area (Å²) in [6.07, 6.45) is 5.26. The highest BCUT2D eigenvalue weighted by molar-refractivity contribution is 7.09. The van der Waals surface area contributed by atoms with E-state index in [0.29, 0.717) is 10.6 Å². The molecule has 11 heteroatoms. The highest BCUT2D eigenvalue weighted by atomic mass is 35.5. The molecule has 0 aliphatic heterocycles. The smallest absolute Gasteiger partial charge is 0.270 e. The zero-order valence-corrected chi connectivity index (χ0v) is 19.8. The molecule has 0 spiro atoms. The van der Waals surface area contributed by atoms with Gasteiger partial charge in [-0.25, -0.2) is 0 Å². The van der Waals surface area contributed by atoms with Crippen LogP contribution in [-0.4, -0.2) is 33.0 Å². The van der Waals surface area contributed by atoms with Gasteiger partial charge in [-0.05, 0) is 48.1 Å². The molecule has 1 aliphatic carbocycles. The van der Waals surface area contributed by atoms with E-state index in [1.165, 1.54) is 11.2 Å². The standard InChI is InChI=1S/C23H24ClN5O4S/c24-15-9-4-1-6-13(15)12-29(23(32)20-17(25)18(21(26)30)28-34-20)19(16-10-5-11-33-16)22(31)27-14-7-2-3-8-14/h1,4-6,9-11,14,19H,2-3,7-8,12,25H2,(H2,26,30)(H,27,31)/t19-/m0/s1. The van der Waals surface area contributed by atoms with Crippen LogP contribution in [-0.2, 0) is 11.3 Å². The zero-order chi connectivity index (χ0) is 24.2. The fraction of sp³-hybridized carbons (Fsp3) is 0.304. The first-order valence-electron chi connectivity index (χ1n) is 10.8. The molecule has 178 valence electrons. The van der Waals surface area contributed by atoms with Crippen LogP contribution >= 0.6 is 23.1 Å². The van der Waals surface area contributed by atoms with Gasteiger partial charge in [0, 0.05) is 17.6 Å². The van der Waals surface area contributed by atoms with Crippen molar-refractivity contribution in [2.24, 2.45) is 5.73 Å². The molecule has 0 unspecified atom stereocenters. The number of furan rings is 1. The summed E-state index contributed by atoms with van der Waals surface area (Å²) in [6.45, 7) is -0.00873. The molecule has 1 aliphatic rings. The molecule has 1 atom stereocenters. The first kappa shape index (κ1) is 23.8. The summed E-state index contributed by atoms with van der Waals surface area (Å²) in [5, 5.41) is 3.48. The fourth-order valence-electron chi connectivity index (χ4n) is 4.07. The average molecular weight is 502 g/mol. The van der Waals surface area contributed by atoms with Gasteiger partial charge in [0.15, 0.2) is 11.7 Å². The minimum atomic E-state index is -1.10. The minimum absolute atomic E-state index is 0.00563. The molecule has 5 N–H and O–H groups in total. The average Bonchev–Trinajstić information content (AvgIpc) is 3.57. The van der Waals surface area contributed by atoms with Crippen LogP contribution in [0.3, 0.4) is 0 Å². The normalized spacial score (nSPS) is 14.6. The van der Waals surface area contributed by atoms with Crippen LogP contribution < -0.4 is 16.8 Å². The SMILES string of the molecule is NC(=O)c1nsc(C(=O)N(Cc2ccccc2Cl)[C@H](C(=O)NC2CCCC2)c2ccco2)c1N. The van der Waals surface area contributed by atoms with Crippen LogP contribution in [0.2, 0.25) is 5.02 Å². The van der Waals surface area contributed by atoms with Crippen LogP contribution in [0.25, 0.3) is 0 Å². The second-order valence-corrected chi connectivity index (χ2v) is 9.25. The molecule has 1 aromatic carbocycles. The van der Waals surface area contributed by atoms with Gasteiger partial charge in [0.2, 0.25) is 0 Å². The third-order valence-corrected chi connectivity index (χ3v) is 7.01. The lowest BCUT2D eigenvalue weighted by Crippen LogP contribution is -2.45. The van der Waals surface area contributed by atoms with Gasteiger partial charge >= 0.3 is 0 Å². The van der Waals surface area contributed by atoms with E-state index in [1.807, 2.05) is 0 Å². The number of hydrogen-bond acceptors (Lipinski definition) is 7. The van der Waals surface area contributed by atoms with Gasteiger partial charge in [-0.3, -0.25) is 14.4 Å². The minimum Gasteiger partial charge on any atom is -0.467 e. The van der Waals surface area contributed by atoms with E-state index in [0.717, 1.165) is 37.2 Å². The number of nitrogens with one attached hydrogen (secondary N) is 1. The Morgan fingerprint density at radius 2 is 1.94 bits per heavy atom. The number of nitrogens with two attached hydrogens (primary N) is 2. The van der Waals surface area contributed by atoms with Crippen molar-refractivity contribution in [2.75, 3.05) is 5.73 Å². The van der Waals surface area contributed by atoms with E-state index in [4.69, 9.17) is 27.5 Å². The third kappa shape index (κ3) is 4.92. The van der Waals surface area contributed by atoms with Gasteiger partial charge in [-0.1, -0.05) is 42.6 Å². The number of carbonyl (C=O) groups is 3. The predicted molar refractivity (Wildman–Crippen MR) is 128 cm³/mol. The molecule has 2 aromatic heterocycles. The molecule has 4 rings (SSSR count). The van der Waals surface area contributed by atoms with Crippen LogP contribution in [0.5, 0.6) is 0 Å². The van der Waals surface area contributed by atoms with E-state index in [-0.39, 0.29) is 40.5 Å². The molecule has 1 fully saturated rings. The van der Waals surface area contributed by atoms with Crippen LogP contribution in [0, 0.1) is 0 Å². The maximum Gasteiger partial charge on any atom is 0.270 e. The molecule has 3 amide bonds. The van der Waals surface area contributed by atoms with Crippen molar-refractivity contribution in [1.82, 2.24) is 14.6 Å². The number of carbonyl (C=O) groups excluding carboxylic acids is 3.